The molecule has 1 fully saturated rings. The number of hydrogen-bond acceptors (Lipinski definition) is 4. The molecular formula is C14H13N3O2. The lowest BCUT2D eigenvalue weighted by atomic mass is 10.1. The Balaban J connectivity index is 1.94. The molecule has 3 rings (SSSR count). The number of anilines is 1. The van der Waals surface area contributed by atoms with Gasteiger partial charge in [0.15, 0.2) is 0 Å². The normalized spacial score (nSPS) is 19.2. The number of nitrogens with one attached hydrogen (secondary N) is 1. The standard InChI is InChI=1S/C14H13N3O2/c1-17-12(18)8-11(14(17)19)16-13-10-5-3-2-4-9(10)6-7-15-13/h2-7,11H,8H2,1H3,(H,15,16). The first-order valence-electron chi connectivity index (χ1n) is 6.07. The van der Waals surface area contributed by atoms with Crippen molar-refractivity contribution >= 4 is 28.4 Å². The van der Waals surface area contributed by atoms with Crippen molar-refractivity contribution in [2.24, 2.45) is 0 Å². The van der Waals surface area contributed by atoms with Crippen LogP contribution in [0.2, 0.25) is 0 Å². The number of aromatic nitrogens is 1. The fourth-order valence-corrected chi connectivity index (χ4v) is 2.27. The molecule has 1 aliphatic rings. The molecule has 5 heteroatoms. The molecule has 1 aliphatic heterocycles. The molecule has 1 unspecified atom stereocenters. The average Bonchev–Trinajstić information content (AvgIpc) is 2.67. The largest absolute Gasteiger partial charge is 0.357 e. The van der Waals surface area contributed by atoms with Crippen molar-refractivity contribution in [3.8, 4) is 0 Å². The molecule has 1 aromatic carbocycles. The van der Waals surface area contributed by atoms with Gasteiger partial charge in [-0.2, -0.15) is 0 Å². The zero-order valence-corrected chi connectivity index (χ0v) is 10.5. The molecule has 1 N–H and O–H groups in total. The molecule has 1 atom stereocenters. The van der Waals surface area contributed by atoms with Crippen molar-refractivity contribution < 1.29 is 9.59 Å². The highest BCUT2D eigenvalue weighted by Gasteiger charge is 2.36. The van der Waals surface area contributed by atoms with Crippen molar-refractivity contribution in [1.82, 2.24) is 9.88 Å². The molecular weight excluding hydrogens is 242 g/mol. The molecule has 2 heterocycles. The van der Waals surface area contributed by atoms with Gasteiger partial charge in [0.25, 0.3) is 5.91 Å². The van der Waals surface area contributed by atoms with E-state index in [-0.39, 0.29) is 18.2 Å². The Hall–Kier alpha value is -2.43. The number of likely N-dealkylation sites (N-methyl/N-ethyl adjacent to an activating group) is 1. The van der Waals surface area contributed by atoms with Crippen molar-refractivity contribution in [2.75, 3.05) is 12.4 Å². The summed E-state index contributed by atoms with van der Waals surface area (Å²) in [4.78, 5) is 28.8. The van der Waals surface area contributed by atoms with E-state index in [4.69, 9.17) is 0 Å². The third kappa shape index (κ3) is 1.93. The van der Waals surface area contributed by atoms with Crippen molar-refractivity contribution in [2.45, 2.75) is 12.5 Å². The van der Waals surface area contributed by atoms with E-state index in [2.05, 4.69) is 10.3 Å². The maximum absolute atomic E-state index is 11.9. The van der Waals surface area contributed by atoms with Crippen LogP contribution in [-0.4, -0.2) is 34.8 Å². The summed E-state index contributed by atoms with van der Waals surface area (Å²) in [6, 6.07) is 9.18. The minimum Gasteiger partial charge on any atom is -0.357 e. The summed E-state index contributed by atoms with van der Waals surface area (Å²) in [5.41, 5.74) is 0. The van der Waals surface area contributed by atoms with Crippen LogP contribution in [0, 0.1) is 0 Å². The topological polar surface area (TPSA) is 62.3 Å². The number of carbonyl (C=O) groups is 2. The molecule has 2 aromatic rings. The van der Waals surface area contributed by atoms with Gasteiger partial charge < -0.3 is 5.32 Å². The molecule has 0 radical (unpaired) electrons. The molecule has 0 aliphatic carbocycles. The highest BCUT2D eigenvalue weighted by Crippen LogP contribution is 2.23. The summed E-state index contributed by atoms with van der Waals surface area (Å²) < 4.78 is 0. The van der Waals surface area contributed by atoms with E-state index < -0.39 is 6.04 Å². The smallest absolute Gasteiger partial charge is 0.251 e. The van der Waals surface area contributed by atoms with E-state index in [1.807, 2.05) is 30.3 Å². The number of likely N-dealkylation sites (tertiary alicyclic amines) is 1. The molecule has 19 heavy (non-hydrogen) atoms. The number of rotatable bonds is 2. The van der Waals surface area contributed by atoms with E-state index in [0.717, 1.165) is 15.7 Å². The number of fused-ring (bicyclic) bond motifs is 1. The number of benzene rings is 1. The van der Waals surface area contributed by atoms with Crippen LogP contribution < -0.4 is 5.32 Å². The predicted octanol–water partition coefficient (Wildman–Crippen LogP) is 1.40. The summed E-state index contributed by atoms with van der Waals surface area (Å²) in [5, 5.41) is 5.06. The van der Waals surface area contributed by atoms with E-state index in [9.17, 15) is 9.59 Å². The van der Waals surface area contributed by atoms with Crippen molar-refractivity contribution in [1.29, 1.82) is 0 Å². The first kappa shape index (κ1) is 11.6. The van der Waals surface area contributed by atoms with Gasteiger partial charge in [-0.15, -0.1) is 0 Å². The Kier molecular flexibility index (Phi) is 2.67. The lowest BCUT2D eigenvalue weighted by molar-refractivity contribution is -0.136. The maximum Gasteiger partial charge on any atom is 0.251 e. The SMILES string of the molecule is CN1C(=O)CC(Nc2nccc3ccccc23)C1=O. The van der Waals surface area contributed by atoms with E-state index in [0.29, 0.717) is 5.82 Å². The quantitative estimate of drug-likeness (QED) is 0.824. The van der Waals surface area contributed by atoms with Crippen LogP contribution in [0.4, 0.5) is 5.82 Å². The van der Waals surface area contributed by atoms with Crippen LogP contribution in [0.1, 0.15) is 6.42 Å². The van der Waals surface area contributed by atoms with Crippen LogP contribution in [-0.2, 0) is 9.59 Å². The van der Waals surface area contributed by atoms with Crippen LogP contribution >= 0.6 is 0 Å². The Morgan fingerprint density at radius 3 is 2.79 bits per heavy atom. The Morgan fingerprint density at radius 1 is 1.26 bits per heavy atom. The third-order valence-corrected chi connectivity index (χ3v) is 3.37. The molecule has 2 amide bonds. The second kappa shape index (κ2) is 4.35. The van der Waals surface area contributed by atoms with Gasteiger partial charge in [-0.25, -0.2) is 4.98 Å². The lowest BCUT2D eigenvalue weighted by Crippen LogP contribution is -2.32. The second-order valence-corrected chi connectivity index (χ2v) is 4.57. The number of amides is 2. The van der Waals surface area contributed by atoms with Crippen molar-refractivity contribution in [3.05, 3.63) is 36.5 Å². The van der Waals surface area contributed by atoms with Gasteiger partial charge >= 0.3 is 0 Å². The van der Waals surface area contributed by atoms with Crippen LogP contribution in [0.5, 0.6) is 0 Å². The third-order valence-electron chi connectivity index (χ3n) is 3.37. The van der Waals surface area contributed by atoms with Crippen LogP contribution in [0.15, 0.2) is 36.5 Å². The minimum atomic E-state index is -0.518. The summed E-state index contributed by atoms with van der Waals surface area (Å²) in [6.07, 6.45) is 1.87. The van der Waals surface area contributed by atoms with Gasteiger partial charge in [-0.05, 0) is 11.5 Å². The summed E-state index contributed by atoms with van der Waals surface area (Å²) in [7, 11) is 1.50. The second-order valence-electron chi connectivity index (χ2n) is 4.57. The number of hydrogen-bond donors (Lipinski definition) is 1. The molecule has 1 aromatic heterocycles. The Bertz CT molecular complexity index is 663. The summed E-state index contributed by atoms with van der Waals surface area (Å²) in [5.74, 6) is 0.266. The summed E-state index contributed by atoms with van der Waals surface area (Å²) >= 11 is 0. The minimum absolute atomic E-state index is 0.164. The Labute approximate surface area is 110 Å². The zero-order chi connectivity index (χ0) is 13.4. The highest BCUT2D eigenvalue weighted by atomic mass is 16.2. The lowest BCUT2D eigenvalue weighted by Gasteiger charge is -2.13. The molecule has 0 bridgehead atoms. The van der Waals surface area contributed by atoms with Gasteiger partial charge in [-0.3, -0.25) is 14.5 Å². The monoisotopic (exact) mass is 255 g/mol. The number of pyridine rings is 1. The average molecular weight is 255 g/mol. The number of carbonyl (C=O) groups excluding carboxylic acids is 2. The fourth-order valence-electron chi connectivity index (χ4n) is 2.27. The fraction of sp³-hybridized carbons (Fsp3) is 0.214. The van der Waals surface area contributed by atoms with Gasteiger partial charge in [0.2, 0.25) is 5.91 Å². The van der Waals surface area contributed by atoms with Crippen LogP contribution in [0.3, 0.4) is 0 Å². The number of nitrogens with zero attached hydrogens (tertiary/aromatic N) is 2. The predicted molar refractivity (Wildman–Crippen MR) is 71.5 cm³/mol. The summed E-state index contributed by atoms with van der Waals surface area (Å²) in [6.45, 7) is 0. The molecule has 1 saturated heterocycles. The molecule has 0 spiro atoms. The van der Waals surface area contributed by atoms with E-state index in [1.165, 1.54) is 7.05 Å². The number of imide groups is 1. The molecule has 0 saturated carbocycles. The van der Waals surface area contributed by atoms with E-state index >= 15 is 0 Å². The Morgan fingerprint density at radius 2 is 2.05 bits per heavy atom. The van der Waals surface area contributed by atoms with Crippen LogP contribution in [0.25, 0.3) is 10.8 Å². The van der Waals surface area contributed by atoms with E-state index in [1.54, 1.807) is 6.20 Å². The van der Waals surface area contributed by atoms with Gasteiger partial charge in [0.05, 0.1) is 6.42 Å². The highest BCUT2D eigenvalue weighted by molar-refractivity contribution is 6.07. The first-order valence-corrected chi connectivity index (χ1v) is 6.07. The molecule has 5 nitrogen and oxygen atoms in total. The van der Waals surface area contributed by atoms with Crippen molar-refractivity contribution in [3.63, 3.8) is 0 Å². The first-order chi connectivity index (χ1) is 9.16. The zero-order valence-electron chi connectivity index (χ0n) is 10.5. The van der Waals surface area contributed by atoms with Gasteiger partial charge in [-0.1, -0.05) is 24.3 Å². The van der Waals surface area contributed by atoms with Gasteiger partial charge in [0.1, 0.15) is 11.9 Å². The molecule has 96 valence electrons. The van der Waals surface area contributed by atoms with Gasteiger partial charge in [0, 0.05) is 18.6 Å². The maximum atomic E-state index is 11.9.